The lowest BCUT2D eigenvalue weighted by molar-refractivity contribution is -0.116. The van der Waals surface area contributed by atoms with Crippen LogP contribution < -0.4 is 14.8 Å². The van der Waals surface area contributed by atoms with E-state index in [0.717, 1.165) is 33.8 Å². The summed E-state index contributed by atoms with van der Waals surface area (Å²) >= 11 is 0. The van der Waals surface area contributed by atoms with Crippen LogP contribution in [0.5, 0.6) is 11.5 Å². The highest BCUT2D eigenvalue weighted by Gasteiger charge is 2.35. The molecular formula is C26H25N5O3. The SMILES string of the molecule is COc1ccc(C2CC(=O)Nc3c2c(-c2ccccc2)nn3-c2nc(C)cc(C)n2)cc1OC. The summed E-state index contributed by atoms with van der Waals surface area (Å²) in [4.78, 5) is 22.1. The molecule has 2 aromatic carbocycles. The van der Waals surface area contributed by atoms with Gasteiger partial charge in [0.2, 0.25) is 5.91 Å². The maximum Gasteiger partial charge on any atom is 0.252 e. The molecule has 0 saturated carbocycles. The van der Waals surface area contributed by atoms with Gasteiger partial charge in [-0.3, -0.25) is 4.79 Å². The van der Waals surface area contributed by atoms with E-state index in [9.17, 15) is 4.79 Å². The molecule has 172 valence electrons. The highest BCUT2D eigenvalue weighted by atomic mass is 16.5. The van der Waals surface area contributed by atoms with E-state index in [4.69, 9.17) is 14.6 Å². The predicted molar refractivity (Wildman–Crippen MR) is 129 cm³/mol. The average Bonchev–Trinajstić information content (AvgIpc) is 3.22. The summed E-state index contributed by atoms with van der Waals surface area (Å²) in [6, 6.07) is 17.6. The molecule has 0 bridgehead atoms. The zero-order chi connectivity index (χ0) is 23.8. The summed E-state index contributed by atoms with van der Waals surface area (Å²) in [6.07, 6.45) is 0.279. The molecule has 0 aliphatic carbocycles. The third-order valence-corrected chi connectivity index (χ3v) is 5.93. The van der Waals surface area contributed by atoms with Crippen LogP contribution in [-0.4, -0.2) is 39.9 Å². The zero-order valence-electron chi connectivity index (χ0n) is 19.5. The van der Waals surface area contributed by atoms with Crippen LogP contribution in [0.3, 0.4) is 0 Å². The van der Waals surface area contributed by atoms with Crippen molar-refractivity contribution >= 4 is 11.7 Å². The van der Waals surface area contributed by atoms with E-state index in [1.165, 1.54) is 0 Å². The number of carbonyl (C=O) groups excluding carboxylic acids is 1. The summed E-state index contributed by atoms with van der Waals surface area (Å²) in [7, 11) is 3.20. The van der Waals surface area contributed by atoms with Crippen LogP contribution in [0.4, 0.5) is 5.82 Å². The first-order valence-electron chi connectivity index (χ1n) is 11.0. The van der Waals surface area contributed by atoms with Crippen molar-refractivity contribution in [2.45, 2.75) is 26.2 Å². The molecule has 8 nitrogen and oxygen atoms in total. The van der Waals surface area contributed by atoms with Gasteiger partial charge >= 0.3 is 0 Å². The highest BCUT2D eigenvalue weighted by molar-refractivity contribution is 5.96. The number of methoxy groups -OCH3 is 2. The van der Waals surface area contributed by atoms with Gasteiger partial charge in [-0.15, -0.1) is 0 Å². The second kappa shape index (κ2) is 8.62. The fraction of sp³-hybridized carbons (Fsp3) is 0.231. The monoisotopic (exact) mass is 455 g/mol. The van der Waals surface area contributed by atoms with E-state index >= 15 is 0 Å². The predicted octanol–water partition coefficient (Wildman–Crippen LogP) is 4.44. The van der Waals surface area contributed by atoms with Gasteiger partial charge in [-0.05, 0) is 37.6 Å². The summed E-state index contributed by atoms with van der Waals surface area (Å²) in [6.45, 7) is 3.83. The molecule has 1 N–H and O–H groups in total. The maximum absolute atomic E-state index is 12.9. The molecule has 0 radical (unpaired) electrons. The molecule has 1 unspecified atom stereocenters. The van der Waals surface area contributed by atoms with E-state index in [0.29, 0.717) is 23.3 Å². The van der Waals surface area contributed by atoms with E-state index in [1.54, 1.807) is 18.9 Å². The lowest BCUT2D eigenvalue weighted by atomic mass is 9.84. The first kappa shape index (κ1) is 21.6. The van der Waals surface area contributed by atoms with Crippen LogP contribution in [0.2, 0.25) is 0 Å². The van der Waals surface area contributed by atoms with Crippen LogP contribution >= 0.6 is 0 Å². The molecular weight excluding hydrogens is 430 g/mol. The van der Waals surface area contributed by atoms with Crippen molar-refractivity contribution in [3.8, 4) is 28.7 Å². The molecule has 2 aromatic heterocycles. The Balaban J connectivity index is 1.76. The Morgan fingerprint density at radius 3 is 2.32 bits per heavy atom. The number of amides is 1. The maximum atomic E-state index is 12.9. The number of nitrogens with zero attached hydrogens (tertiary/aromatic N) is 4. The van der Waals surface area contributed by atoms with E-state index < -0.39 is 0 Å². The third-order valence-electron chi connectivity index (χ3n) is 5.93. The van der Waals surface area contributed by atoms with Crippen molar-refractivity contribution in [1.29, 1.82) is 0 Å². The number of hydrogen-bond donors (Lipinski definition) is 1. The third kappa shape index (κ3) is 3.77. The minimum Gasteiger partial charge on any atom is -0.493 e. The van der Waals surface area contributed by atoms with Crippen LogP contribution in [0.25, 0.3) is 17.2 Å². The Kier molecular flexibility index (Phi) is 5.49. The molecule has 4 aromatic rings. The Hall–Kier alpha value is -4.20. The number of ether oxygens (including phenoxy) is 2. The largest absolute Gasteiger partial charge is 0.493 e. The van der Waals surface area contributed by atoms with Crippen molar-refractivity contribution in [2.75, 3.05) is 19.5 Å². The Morgan fingerprint density at radius 2 is 1.65 bits per heavy atom. The van der Waals surface area contributed by atoms with E-state index in [1.807, 2.05) is 68.4 Å². The molecule has 8 heteroatoms. The molecule has 1 aliphatic heterocycles. The topological polar surface area (TPSA) is 91.2 Å². The van der Waals surface area contributed by atoms with Crippen molar-refractivity contribution in [1.82, 2.24) is 19.7 Å². The molecule has 0 saturated heterocycles. The van der Waals surface area contributed by atoms with Crippen LogP contribution in [0.1, 0.15) is 34.9 Å². The van der Waals surface area contributed by atoms with Crippen LogP contribution in [-0.2, 0) is 4.79 Å². The normalized spacial score (nSPS) is 14.9. The number of benzene rings is 2. The van der Waals surface area contributed by atoms with Gasteiger partial charge in [-0.2, -0.15) is 9.78 Å². The number of carbonyl (C=O) groups is 1. The molecule has 34 heavy (non-hydrogen) atoms. The Morgan fingerprint density at radius 1 is 0.941 bits per heavy atom. The fourth-order valence-corrected chi connectivity index (χ4v) is 4.46. The first-order chi connectivity index (χ1) is 16.5. The van der Waals surface area contributed by atoms with E-state index in [-0.39, 0.29) is 18.2 Å². The summed E-state index contributed by atoms with van der Waals surface area (Å²) < 4.78 is 12.6. The molecule has 5 rings (SSSR count). The summed E-state index contributed by atoms with van der Waals surface area (Å²) in [5.74, 6) is 1.91. The minimum atomic E-state index is -0.238. The summed E-state index contributed by atoms with van der Waals surface area (Å²) in [5, 5.41) is 7.95. The van der Waals surface area contributed by atoms with Gasteiger partial charge in [0.1, 0.15) is 5.82 Å². The number of anilines is 1. The molecule has 1 aliphatic rings. The van der Waals surface area contributed by atoms with Crippen molar-refractivity contribution in [3.05, 3.63) is 77.1 Å². The Bertz CT molecular complexity index is 1360. The van der Waals surface area contributed by atoms with Crippen molar-refractivity contribution in [2.24, 2.45) is 0 Å². The molecule has 3 heterocycles. The average molecular weight is 456 g/mol. The molecule has 1 amide bonds. The van der Waals surface area contributed by atoms with E-state index in [2.05, 4.69) is 15.3 Å². The van der Waals surface area contributed by atoms with Gasteiger partial charge < -0.3 is 14.8 Å². The standard InChI is InChI=1S/C26H25N5O3/c1-15-12-16(2)28-26(27-15)31-25-23(24(30-31)17-8-6-5-7-9-17)19(14-22(32)29-25)18-10-11-20(33-3)21(13-18)34-4/h5-13,19H,14H2,1-4H3,(H,29,32). The molecule has 0 fully saturated rings. The van der Waals surface area contributed by atoms with Gasteiger partial charge in [-0.25, -0.2) is 9.97 Å². The quantitative estimate of drug-likeness (QED) is 0.479. The summed E-state index contributed by atoms with van der Waals surface area (Å²) in [5.41, 5.74) is 5.23. The lowest BCUT2D eigenvalue weighted by Gasteiger charge is -2.25. The second-order valence-electron chi connectivity index (χ2n) is 8.26. The van der Waals surface area contributed by atoms with Gasteiger partial charge in [0, 0.05) is 34.9 Å². The van der Waals surface area contributed by atoms with Crippen LogP contribution in [0, 0.1) is 13.8 Å². The number of aromatic nitrogens is 4. The number of nitrogens with one attached hydrogen (secondary N) is 1. The Labute approximate surface area is 197 Å². The van der Waals surface area contributed by atoms with Crippen molar-refractivity contribution < 1.29 is 14.3 Å². The van der Waals surface area contributed by atoms with Crippen molar-refractivity contribution in [3.63, 3.8) is 0 Å². The number of hydrogen-bond acceptors (Lipinski definition) is 6. The zero-order valence-corrected chi connectivity index (χ0v) is 19.5. The number of fused-ring (bicyclic) bond motifs is 1. The first-order valence-corrected chi connectivity index (χ1v) is 11.0. The number of rotatable bonds is 5. The fourth-order valence-electron chi connectivity index (χ4n) is 4.46. The van der Waals surface area contributed by atoms with Gasteiger partial charge in [0.05, 0.1) is 19.9 Å². The lowest BCUT2D eigenvalue weighted by Crippen LogP contribution is -2.25. The van der Waals surface area contributed by atoms with Gasteiger partial charge in [-0.1, -0.05) is 36.4 Å². The molecule has 0 spiro atoms. The smallest absolute Gasteiger partial charge is 0.252 e. The van der Waals surface area contributed by atoms with Gasteiger partial charge in [0.25, 0.3) is 5.95 Å². The minimum absolute atomic E-state index is 0.0996. The highest BCUT2D eigenvalue weighted by Crippen LogP contribution is 2.45. The second-order valence-corrected chi connectivity index (χ2v) is 8.26. The molecule has 1 atom stereocenters. The van der Waals surface area contributed by atoms with Gasteiger partial charge in [0.15, 0.2) is 11.5 Å². The number of aryl methyl sites for hydroxylation is 2. The van der Waals surface area contributed by atoms with Crippen LogP contribution in [0.15, 0.2) is 54.6 Å².